The maximum absolute atomic E-state index is 12.4. The summed E-state index contributed by atoms with van der Waals surface area (Å²) < 4.78 is 6.32. The highest BCUT2D eigenvalue weighted by atomic mass is 16.5. The number of hydrogen-bond acceptors (Lipinski definition) is 8. The Bertz CT molecular complexity index is 1400. The van der Waals surface area contributed by atoms with Crippen molar-refractivity contribution in [2.45, 2.75) is 37.8 Å². The molecule has 1 aliphatic rings. The van der Waals surface area contributed by atoms with E-state index >= 15 is 0 Å². The third kappa shape index (κ3) is 4.91. The number of nitrogens with one attached hydrogen (secondary N) is 2. The van der Waals surface area contributed by atoms with Crippen LogP contribution in [0.2, 0.25) is 0 Å². The van der Waals surface area contributed by atoms with Crippen LogP contribution in [0.3, 0.4) is 0 Å². The Labute approximate surface area is 207 Å². The van der Waals surface area contributed by atoms with E-state index in [-0.39, 0.29) is 24.8 Å². The van der Waals surface area contributed by atoms with Crippen LogP contribution >= 0.6 is 0 Å². The first-order chi connectivity index (χ1) is 17.5. The highest BCUT2D eigenvalue weighted by Crippen LogP contribution is 2.31. The Balaban J connectivity index is 1.31. The summed E-state index contributed by atoms with van der Waals surface area (Å²) in [5.41, 5.74) is 13.1. The van der Waals surface area contributed by atoms with E-state index in [0.29, 0.717) is 17.9 Å². The number of hydrogen-bond donors (Lipinski definition) is 4. The zero-order valence-corrected chi connectivity index (χ0v) is 19.7. The largest absolute Gasteiger partial charge is 0.491 e. The highest BCUT2D eigenvalue weighted by Gasteiger charge is 2.28. The molecule has 0 radical (unpaired) electrons. The van der Waals surface area contributed by atoms with Crippen LogP contribution in [-0.4, -0.2) is 57.0 Å². The van der Waals surface area contributed by atoms with Gasteiger partial charge < -0.3 is 31.4 Å². The fourth-order valence-corrected chi connectivity index (χ4v) is 4.56. The van der Waals surface area contributed by atoms with Crippen molar-refractivity contribution < 1.29 is 14.3 Å². The van der Waals surface area contributed by atoms with E-state index in [1.54, 1.807) is 6.33 Å². The molecule has 2 aromatic carbocycles. The standard InChI is InChI=1S/C25H28N8O3/c26-19(8-9-21(27)34)25(35)32-16-7-6-15-3-1-5-20(18(15)11-16)36-12-17-4-2-10-33(17)24-22-23(29-13-28-22)30-14-31-24/h1,3,5-7,11,13-14,17,19H,2,4,8-10,12,26H2,(H2,27,34)(H,32,35)(H,28,29,30,31)/t17-,19+/m1/s1. The summed E-state index contributed by atoms with van der Waals surface area (Å²) >= 11 is 0. The molecule has 0 aliphatic carbocycles. The van der Waals surface area contributed by atoms with E-state index in [1.165, 1.54) is 6.33 Å². The van der Waals surface area contributed by atoms with Crippen LogP contribution in [0.5, 0.6) is 5.75 Å². The monoisotopic (exact) mass is 488 g/mol. The van der Waals surface area contributed by atoms with Gasteiger partial charge in [0.2, 0.25) is 11.8 Å². The molecule has 6 N–H and O–H groups in total. The quantitative estimate of drug-likeness (QED) is 0.278. The van der Waals surface area contributed by atoms with Crippen LogP contribution in [-0.2, 0) is 9.59 Å². The Morgan fingerprint density at radius 1 is 1.22 bits per heavy atom. The van der Waals surface area contributed by atoms with E-state index in [0.717, 1.165) is 47.2 Å². The molecule has 186 valence electrons. The summed E-state index contributed by atoms with van der Waals surface area (Å²) in [6.45, 7) is 1.36. The van der Waals surface area contributed by atoms with Crippen LogP contribution in [0.15, 0.2) is 49.1 Å². The number of H-pyrrole nitrogens is 1. The number of nitrogens with two attached hydrogens (primary N) is 2. The van der Waals surface area contributed by atoms with Gasteiger partial charge in [0.15, 0.2) is 11.5 Å². The predicted molar refractivity (Wildman–Crippen MR) is 137 cm³/mol. The van der Waals surface area contributed by atoms with Gasteiger partial charge in [-0.25, -0.2) is 15.0 Å². The van der Waals surface area contributed by atoms with Gasteiger partial charge >= 0.3 is 0 Å². The lowest BCUT2D eigenvalue weighted by Crippen LogP contribution is -2.36. The van der Waals surface area contributed by atoms with E-state index < -0.39 is 11.9 Å². The fraction of sp³-hybridized carbons (Fsp3) is 0.320. The molecule has 3 heterocycles. The molecule has 2 aromatic heterocycles. The second-order valence-electron chi connectivity index (χ2n) is 8.89. The van der Waals surface area contributed by atoms with Crippen molar-refractivity contribution in [3.63, 3.8) is 0 Å². The molecule has 1 saturated heterocycles. The van der Waals surface area contributed by atoms with Gasteiger partial charge in [-0.15, -0.1) is 0 Å². The molecule has 0 saturated carbocycles. The van der Waals surface area contributed by atoms with Crippen LogP contribution in [0.4, 0.5) is 11.5 Å². The first kappa shape index (κ1) is 23.5. The van der Waals surface area contributed by atoms with Crippen molar-refractivity contribution in [1.82, 2.24) is 19.9 Å². The van der Waals surface area contributed by atoms with Crippen molar-refractivity contribution in [3.8, 4) is 5.75 Å². The molecule has 2 amide bonds. The Kier molecular flexibility index (Phi) is 6.63. The second kappa shape index (κ2) is 10.2. The first-order valence-corrected chi connectivity index (χ1v) is 11.9. The van der Waals surface area contributed by atoms with Gasteiger partial charge in [0.25, 0.3) is 0 Å². The summed E-state index contributed by atoms with van der Waals surface area (Å²) in [5, 5.41) is 4.69. The molecule has 5 rings (SSSR count). The summed E-state index contributed by atoms with van der Waals surface area (Å²) in [6, 6.07) is 10.8. The Morgan fingerprint density at radius 2 is 2.11 bits per heavy atom. The van der Waals surface area contributed by atoms with Gasteiger partial charge in [-0.3, -0.25) is 9.59 Å². The number of ether oxygens (including phenoxy) is 1. The number of anilines is 2. The molecule has 11 heteroatoms. The number of primary amides is 1. The molecule has 0 unspecified atom stereocenters. The van der Waals surface area contributed by atoms with Gasteiger partial charge in [0.1, 0.15) is 24.2 Å². The van der Waals surface area contributed by atoms with Crippen LogP contribution in [0.25, 0.3) is 21.9 Å². The first-order valence-electron chi connectivity index (χ1n) is 11.9. The van der Waals surface area contributed by atoms with Gasteiger partial charge in [0.05, 0.1) is 18.4 Å². The molecule has 0 spiro atoms. The molecule has 1 aliphatic heterocycles. The molecule has 2 atom stereocenters. The molecule has 4 aromatic rings. The van der Waals surface area contributed by atoms with Crippen molar-refractivity contribution in [1.29, 1.82) is 0 Å². The topological polar surface area (TPSA) is 165 Å². The number of benzene rings is 2. The number of carbonyl (C=O) groups excluding carboxylic acids is 2. The van der Waals surface area contributed by atoms with E-state index in [1.807, 2.05) is 36.4 Å². The maximum atomic E-state index is 12.4. The van der Waals surface area contributed by atoms with Crippen LogP contribution < -0.4 is 26.4 Å². The Hall–Kier alpha value is -4.25. The summed E-state index contributed by atoms with van der Waals surface area (Å²) in [5.74, 6) is 0.702. The Morgan fingerprint density at radius 3 is 2.97 bits per heavy atom. The van der Waals surface area contributed by atoms with Crippen molar-refractivity contribution >= 4 is 45.3 Å². The predicted octanol–water partition coefficient (Wildman–Crippen LogP) is 2.09. The zero-order chi connectivity index (χ0) is 25.1. The average Bonchev–Trinajstić information content (AvgIpc) is 3.55. The van der Waals surface area contributed by atoms with Crippen molar-refractivity contribution in [2.75, 3.05) is 23.4 Å². The van der Waals surface area contributed by atoms with Gasteiger partial charge in [-0.2, -0.15) is 0 Å². The molecule has 36 heavy (non-hydrogen) atoms. The molecule has 11 nitrogen and oxygen atoms in total. The number of aromatic nitrogens is 4. The molecular formula is C25H28N8O3. The summed E-state index contributed by atoms with van der Waals surface area (Å²) in [4.78, 5) is 41.8. The lowest BCUT2D eigenvalue weighted by Gasteiger charge is -2.26. The highest BCUT2D eigenvalue weighted by molar-refractivity contribution is 5.98. The third-order valence-electron chi connectivity index (χ3n) is 6.43. The SMILES string of the molecule is NC(=O)CC[C@H](N)C(=O)Nc1ccc2cccc(OC[C@H]3CCCN3c3ncnc4nc[nH]c34)c2c1. The zero-order valence-electron chi connectivity index (χ0n) is 19.7. The number of carbonyl (C=O) groups is 2. The number of amides is 2. The van der Waals surface area contributed by atoms with Crippen LogP contribution in [0.1, 0.15) is 25.7 Å². The van der Waals surface area contributed by atoms with E-state index in [9.17, 15) is 9.59 Å². The number of aromatic amines is 1. The van der Waals surface area contributed by atoms with E-state index in [4.69, 9.17) is 16.2 Å². The number of nitrogens with zero attached hydrogens (tertiary/aromatic N) is 4. The van der Waals surface area contributed by atoms with Crippen LogP contribution in [0, 0.1) is 0 Å². The molecule has 0 bridgehead atoms. The maximum Gasteiger partial charge on any atom is 0.241 e. The van der Waals surface area contributed by atoms with E-state index in [2.05, 4.69) is 30.2 Å². The summed E-state index contributed by atoms with van der Waals surface area (Å²) in [7, 11) is 0. The minimum Gasteiger partial charge on any atom is -0.491 e. The van der Waals surface area contributed by atoms with Crippen molar-refractivity contribution in [3.05, 3.63) is 49.1 Å². The summed E-state index contributed by atoms with van der Waals surface area (Å²) in [6.07, 6.45) is 5.43. The minimum atomic E-state index is -0.823. The lowest BCUT2D eigenvalue weighted by molar-refractivity contribution is -0.119. The van der Waals surface area contributed by atoms with Gasteiger partial charge in [-0.05, 0) is 42.8 Å². The lowest BCUT2D eigenvalue weighted by atomic mass is 10.1. The second-order valence-corrected chi connectivity index (χ2v) is 8.89. The smallest absolute Gasteiger partial charge is 0.241 e. The minimum absolute atomic E-state index is 0.0589. The third-order valence-corrected chi connectivity index (χ3v) is 6.43. The molecule has 1 fully saturated rings. The average molecular weight is 489 g/mol. The molecular weight excluding hydrogens is 460 g/mol. The van der Waals surface area contributed by atoms with Gasteiger partial charge in [-0.1, -0.05) is 18.2 Å². The number of rotatable bonds is 9. The normalized spacial score (nSPS) is 16.4. The van der Waals surface area contributed by atoms with Gasteiger partial charge in [0, 0.05) is 24.0 Å². The fourth-order valence-electron chi connectivity index (χ4n) is 4.56. The number of fused-ring (bicyclic) bond motifs is 2. The van der Waals surface area contributed by atoms with Crippen molar-refractivity contribution in [2.24, 2.45) is 11.5 Å². The number of imidazole rings is 1.